The van der Waals surface area contributed by atoms with Crippen molar-refractivity contribution >= 4 is 24.6 Å². The molecular weight excluding hydrogens is 252 g/mol. The number of carboxylic acid groups (broad SMARTS) is 1. The molecule has 4 nitrogen and oxygen atoms in total. The molecule has 0 aliphatic rings. The number of rotatable bonds is 8. The van der Waals surface area contributed by atoms with E-state index in [-0.39, 0.29) is 11.7 Å². The average Bonchev–Trinajstić information content (AvgIpc) is 2.33. The van der Waals surface area contributed by atoms with Gasteiger partial charge in [0.25, 0.3) is 0 Å². The number of carbonyl (C=O) groups excluding carboxylic acids is 1. The van der Waals surface area contributed by atoms with Gasteiger partial charge in [0.05, 0.1) is 12.4 Å². The quantitative estimate of drug-likeness (QED) is 0.310. The number of unbranched alkanes of at least 4 members (excludes halogenated alkanes) is 2. The van der Waals surface area contributed by atoms with Crippen LogP contribution in [0, 0.1) is 5.92 Å². The van der Waals surface area contributed by atoms with Crippen LogP contribution in [0.3, 0.4) is 0 Å². The van der Waals surface area contributed by atoms with E-state index < -0.39 is 5.97 Å². The van der Waals surface area contributed by atoms with Gasteiger partial charge in [-0.25, -0.2) is 4.79 Å². The highest BCUT2D eigenvalue weighted by atomic mass is 32.1. The number of thiol groups is 1. The zero-order valence-electron chi connectivity index (χ0n) is 11.2. The number of carbonyl (C=O) groups is 2. The zero-order valence-corrected chi connectivity index (χ0v) is 12.1. The lowest BCUT2D eigenvalue weighted by Crippen LogP contribution is -2.01. The maximum atomic E-state index is 10.6. The summed E-state index contributed by atoms with van der Waals surface area (Å²) >= 11 is 3.42. The summed E-state index contributed by atoms with van der Waals surface area (Å²) in [6, 6.07) is 0. The Morgan fingerprint density at radius 1 is 1.33 bits per heavy atom. The van der Waals surface area contributed by atoms with Crippen LogP contribution in [0.15, 0.2) is 12.7 Å². The van der Waals surface area contributed by atoms with Crippen LogP contribution in [0.2, 0.25) is 0 Å². The van der Waals surface area contributed by atoms with Gasteiger partial charge in [0.1, 0.15) is 0 Å². The van der Waals surface area contributed by atoms with Crippen molar-refractivity contribution in [3.63, 3.8) is 0 Å². The molecule has 0 amide bonds. The van der Waals surface area contributed by atoms with Crippen molar-refractivity contribution in [3.8, 4) is 0 Å². The summed E-state index contributed by atoms with van der Waals surface area (Å²) in [7, 11) is 0. The SMILES string of the molecule is C=CC(=O)OCCCCCC(C)C.O=C(O)CS. The largest absolute Gasteiger partial charge is 0.481 e. The van der Waals surface area contributed by atoms with E-state index in [0.717, 1.165) is 18.8 Å². The maximum absolute atomic E-state index is 10.6. The summed E-state index contributed by atoms with van der Waals surface area (Å²) in [6.45, 7) is 8.29. The van der Waals surface area contributed by atoms with Gasteiger partial charge in [0.2, 0.25) is 0 Å². The second-order valence-electron chi connectivity index (χ2n) is 4.17. The molecule has 0 aromatic carbocycles. The van der Waals surface area contributed by atoms with Gasteiger partial charge in [0, 0.05) is 6.08 Å². The fraction of sp³-hybridized carbons (Fsp3) is 0.692. The molecule has 0 fully saturated rings. The molecule has 18 heavy (non-hydrogen) atoms. The third kappa shape index (κ3) is 20.4. The molecule has 0 atom stereocenters. The monoisotopic (exact) mass is 276 g/mol. The Bertz CT molecular complexity index is 239. The summed E-state index contributed by atoms with van der Waals surface area (Å²) in [6.07, 6.45) is 5.79. The first kappa shape index (κ1) is 19.4. The minimum absolute atomic E-state index is 0.0833. The molecular formula is C13H24O4S. The van der Waals surface area contributed by atoms with E-state index in [9.17, 15) is 9.59 Å². The maximum Gasteiger partial charge on any atom is 0.330 e. The van der Waals surface area contributed by atoms with Crippen LogP contribution in [-0.2, 0) is 14.3 Å². The van der Waals surface area contributed by atoms with Crippen LogP contribution < -0.4 is 0 Å². The van der Waals surface area contributed by atoms with E-state index in [0.29, 0.717) is 6.61 Å². The van der Waals surface area contributed by atoms with Gasteiger partial charge in [0.15, 0.2) is 0 Å². The molecule has 0 spiro atoms. The van der Waals surface area contributed by atoms with Gasteiger partial charge >= 0.3 is 11.9 Å². The Labute approximate surface area is 115 Å². The molecule has 0 aliphatic heterocycles. The van der Waals surface area contributed by atoms with Crippen LogP contribution in [0.4, 0.5) is 0 Å². The van der Waals surface area contributed by atoms with Crippen LogP contribution >= 0.6 is 12.6 Å². The standard InChI is InChI=1S/C11H20O2.C2H4O2S/c1-4-11(12)13-9-7-5-6-8-10(2)3;3-2(4)1-5/h4,10H,1,5-9H2,2-3H3;5H,1H2,(H,3,4). The van der Waals surface area contributed by atoms with E-state index in [1.807, 2.05) is 0 Å². The molecule has 0 saturated heterocycles. The molecule has 0 rings (SSSR count). The summed E-state index contributed by atoms with van der Waals surface area (Å²) in [5.41, 5.74) is 0. The molecule has 0 radical (unpaired) electrons. The van der Waals surface area contributed by atoms with Crippen LogP contribution in [-0.4, -0.2) is 29.4 Å². The van der Waals surface area contributed by atoms with Crippen molar-refractivity contribution in [1.29, 1.82) is 0 Å². The smallest absolute Gasteiger partial charge is 0.330 e. The first-order chi connectivity index (χ1) is 8.43. The van der Waals surface area contributed by atoms with Crippen molar-refractivity contribution in [1.82, 2.24) is 0 Å². The predicted octanol–water partition coefficient (Wildman–Crippen LogP) is 2.93. The third-order valence-corrected chi connectivity index (χ3v) is 2.24. The highest BCUT2D eigenvalue weighted by Gasteiger charge is 1.96. The van der Waals surface area contributed by atoms with Crippen LogP contribution in [0.5, 0.6) is 0 Å². The number of hydrogen-bond acceptors (Lipinski definition) is 4. The lowest BCUT2D eigenvalue weighted by molar-refractivity contribution is -0.138. The molecule has 0 aromatic rings. The van der Waals surface area contributed by atoms with Gasteiger partial charge < -0.3 is 9.84 Å². The van der Waals surface area contributed by atoms with E-state index in [2.05, 4.69) is 33.1 Å². The second kappa shape index (κ2) is 14.1. The van der Waals surface area contributed by atoms with Crippen molar-refractivity contribution in [2.24, 2.45) is 5.92 Å². The molecule has 0 bridgehead atoms. The molecule has 0 saturated carbocycles. The third-order valence-electron chi connectivity index (χ3n) is 1.97. The van der Waals surface area contributed by atoms with Gasteiger partial charge in [-0.15, -0.1) is 0 Å². The van der Waals surface area contributed by atoms with Crippen molar-refractivity contribution < 1.29 is 19.4 Å². The molecule has 0 heterocycles. The van der Waals surface area contributed by atoms with Gasteiger partial charge in [-0.3, -0.25) is 4.79 Å². The molecule has 106 valence electrons. The Hall–Kier alpha value is -0.970. The van der Waals surface area contributed by atoms with Crippen LogP contribution in [0.1, 0.15) is 39.5 Å². The Morgan fingerprint density at radius 3 is 2.28 bits per heavy atom. The lowest BCUT2D eigenvalue weighted by Gasteiger charge is -2.04. The van der Waals surface area contributed by atoms with E-state index in [4.69, 9.17) is 9.84 Å². The Balaban J connectivity index is 0. The number of hydrogen-bond donors (Lipinski definition) is 2. The van der Waals surface area contributed by atoms with Gasteiger partial charge in [-0.2, -0.15) is 12.6 Å². The molecule has 0 unspecified atom stereocenters. The summed E-state index contributed by atoms with van der Waals surface area (Å²) in [5.74, 6) is -0.507. The van der Waals surface area contributed by atoms with E-state index in [1.54, 1.807) is 0 Å². The Morgan fingerprint density at radius 2 is 1.89 bits per heavy atom. The average molecular weight is 276 g/mol. The molecule has 5 heteroatoms. The number of ether oxygens (including phenoxy) is 1. The fourth-order valence-corrected chi connectivity index (χ4v) is 1.06. The lowest BCUT2D eigenvalue weighted by atomic mass is 10.1. The predicted molar refractivity (Wildman–Crippen MR) is 76.0 cm³/mol. The minimum atomic E-state index is -0.881. The fourth-order valence-electron chi connectivity index (χ4n) is 1.06. The molecule has 0 aliphatic carbocycles. The van der Waals surface area contributed by atoms with Crippen LogP contribution in [0.25, 0.3) is 0 Å². The van der Waals surface area contributed by atoms with Gasteiger partial charge in [-0.05, 0) is 12.3 Å². The topological polar surface area (TPSA) is 63.6 Å². The number of esters is 1. The highest BCUT2D eigenvalue weighted by molar-refractivity contribution is 7.81. The normalized spacial score (nSPS) is 9.33. The van der Waals surface area contributed by atoms with E-state index in [1.165, 1.54) is 18.9 Å². The molecule has 1 N–H and O–H groups in total. The van der Waals surface area contributed by atoms with Gasteiger partial charge in [-0.1, -0.05) is 39.7 Å². The minimum Gasteiger partial charge on any atom is -0.481 e. The van der Waals surface area contributed by atoms with Crippen molar-refractivity contribution in [2.75, 3.05) is 12.4 Å². The number of carboxylic acids is 1. The number of aliphatic carboxylic acids is 1. The molecule has 0 aromatic heterocycles. The summed E-state index contributed by atoms with van der Waals surface area (Å²) in [4.78, 5) is 19.9. The second-order valence-corrected chi connectivity index (χ2v) is 4.48. The summed E-state index contributed by atoms with van der Waals surface area (Å²) < 4.78 is 4.84. The highest BCUT2D eigenvalue weighted by Crippen LogP contribution is 2.07. The van der Waals surface area contributed by atoms with Crippen molar-refractivity contribution in [2.45, 2.75) is 39.5 Å². The zero-order chi connectivity index (χ0) is 14.4. The van der Waals surface area contributed by atoms with E-state index >= 15 is 0 Å². The summed E-state index contributed by atoms with van der Waals surface area (Å²) in [5, 5.41) is 7.65. The van der Waals surface area contributed by atoms with Crippen molar-refractivity contribution in [3.05, 3.63) is 12.7 Å². The Kier molecular flexibility index (Phi) is 15.2. The first-order valence-electron chi connectivity index (χ1n) is 6.05. The first-order valence-corrected chi connectivity index (χ1v) is 6.69.